The third-order valence-electron chi connectivity index (χ3n) is 8.11. The Morgan fingerprint density at radius 1 is 0.512 bits per heavy atom. The molecule has 0 unspecified atom stereocenters. The molecule has 202 valence electrons. The van der Waals surface area contributed by atoms with E-state index in [4.69, 9.17) is 18.8 Å². The summed E-state index contributed by atoms with van der Waals surface area (Å²) in [5.41, 5.74) is 7.85. The minimum Gasteiger partial charge on any atom is -0.454 e. The van der Waals surface area contributed by atoms with Crippen LogP contribution in [0.2, 0.25) is 0 Å². The lowest BCUT2D eigenvalue weighted by Gasteiger charge is -2.25. The van der Waals surface area contributed by atoms with Crippen LogP contribution in [0, 0.1) is 0 Å². The monoisotopic (exact) mass is 553 g/mol. The van der Waals surface area contributed by atoms with Crippen molar-refractivity contribution < 1.29 is 8.83 Å². The second kappa shape index (κ2) is 9.29. The Hall–Kier alpha value is -5.94. The summed E-state index contributed by atoms with van der Waals surface area (Å²) < 4.78 is 12.5. The Kier molecular flexibility index (Phi) is 5.13. The van der Waals surface area contributed by atoms with Gasteiger partial charge in [-0.15, -0.1) is 0 Å². The number of para-hydroxylation sites is 2. The van der Waals surface area contributed by atoms with Crippen LogP contribution in [0.15, 0.2) is 148 Å². The number of anilines is 3. The number of hydrogen-bond acceptors (Lipinski definition) is 5. The van der Waals surface area contributed by atoms with Crippen LogP contribution in [-0.4, -0.2) is 9.97 Å². The van der Waals surface area contributed by atoms with Crippen LogP contribution < -0.4 is 4.90 Å². The summed E-state index contributed by atoms with van der Waals surface area (Å²) in [6.07, 6.45) is 1.90. The zero-order valence-electron chi connectivity index (χ0n) is 22.9. The van der Waals surface area contributed by atoms with Gasteiger partial charge >= 0.3 is 0 Å². The first kappa shape index (κ1) is 23.7. The quantitative estimate of drug-likeness (QED) is 0.217. The van der Waals surface area contributed by atoms with E-state index in [2.05, 4.69) is 77.7 Å². The van der Waals surface area contributed by atoms with Gasteiger partial charge in [-0.3, -0.25) is 4.90 Å². The van der Waals surface area contributed by atoms with Gasteiger partial charge in [0.1, 0.15) is 22.5 Å². The maximum absolute atomic E-state index is 6.26. The third kappa shape index (κ3) is 3.79. The lowest BCUT2D eigenvalue weighted by Crippen LogP contribution is -2.12. The first-order valence-corrected chi connectivity index (χ1v) is 14.2. The number of benzene rings is 5. The average Bonchev–Trinajstić information content (AvgIpc) is 3.62. The highest BCUT2D eigenvalue weighted by Gasteiger charge is 2.21. The van der Waals surface area contributed by atoms with Crippen molar-refractivity contribution in [2.75, 3.05) is 4.90 Å². The summed E-state index contributed by atoms with van der Waals surface area (Å²) in [7, 11) is 0. The molecule has 5 heteroatoms. The van der Waals surface area contributed by atoms with Gasteiger partial charge in [-0.1, -0.05) is 84.9 Å². The van der Waals surface area contributed by atoms with Gasteiger partial charge in [-0.25, -0.2) is 4.98 Å². The van der Waals surface area contributed by atoms with Crippen molar-refractivity contribution in [2.45, 2.75) is 0 Å². The maximum Gasteiger partial charge on any atom is 0.229 e. The maximum atomic E-state index is 6.26. The van der Waals surface area contributed by atoms with Crippen LogP contribution >= 0.6 is 0 Å². The minimum absolute atomic E-state index is 0.588. The normalized spacial score (nSPS) is 11.7. The molecule has 0 atom stereocenters. The predicted octanol–water partition coefficient (Wildman–Crippen LogP) is 10.6. The van der Waals surface area contributed by atoms with Gasteiger partial charge in [-0.05, 0) is 64.4 Å². The first-order chi connectivity index (χ1) is 21.3. The Bertz CT molecular complexity index is 2360. The molecule has 0 radical (unpaired) electrons. The van der Waals surface area contributed by atoms with Crippen LogP contribution in [0.5, 0.6) is 0 Å². The molecule has 0 bridgehead atoms. The molecule has 9 rings (SSSR count). The summed E-state index contributed by atoms with van der Waals surface area (Å²) in [4.78, 5) is 12.1. The molecular weight excluding hydrogens is 530 g/mol. The standard InChI is InChI=1S/C38H23N3O2/c1-2-10-24(11-3-1)32-21-26(20-25-12-4-5-13-28(25)32)41(27-22-35-37(39-23-27)31-15-7-9-17-34(31)42-35)36-19-18-30-29-14-6-8-16-33(29)43-38(30)40-36/h1-23H. The molecule has 0 N–H and O–H groups in total. The topological polar surface area (TPSA) is 55.3 Å². The van der Waals surface area contributed by atoms with Gasteiger partial charge in [0.15, 0.2) is 5.58 Å². The number of rotatable bonds is 4. The second-order valence-corrected chi connectivity index (χ2v) is 10.7. The zero-order valence-corrected chi connectivity index (χ0v) is 22.9. The van der Waals surface area contributed by atoms with E-state index in [1.807, 2.05) is 66.9 Å². The van der Waals surface area contributed by atoms with Crippen LogP contribution in [-0.2, 0) is 0 Å². The van der Waals surface area contributed by atoms with Gasteiger partial charge in [0.25, 0.3) is 0 Å². The lowest BCUT2D eigenvalue weighted by molar-refractivity contribution is 0.654. The van der Waals surface area contributed by atoms with Crippen molar-refractivity contribution in [1.82, 2.24) is 9.97 Å². The van der Waals surface area contributed by atoms with Crippen molar-refractivity contribution in [3.05, 3.63) is 140 Å². The van der Waals surface area contributed by atoms with Crippen LogP contribution in [0.25, 0.3) is 66.0 Å². The highest BCUT2D eigenvalue weighted by atomic mass is 16.3. The van der Waals surface area contributed by atoms with Crippen molar-refractivity contribution in [3.63, 3.8) is 0 Å². The van der Waals surface area contributed by atoms with E-state index in [0.29, 0.717) is 5.71 Å². The molecule has 0 aliphatic heterocycles. The fraction of sp³-hybridized carbons (Fsp3) is 0. The molecule has 0 aliphatic rings. The van der Waals surface area contributed by atoms with Gasteiger partial charge in [0.05, 0.1) is 11.9 Å². The molecule has 0 saturated heterocycles. The second-order valence-electron chi connectivity index (χ2n) is 10.7. The molecule has 4 aromatic heterocycles. The van der Waals surface area contributed by atoms with Crippen LogP contribution in [0.3, 0.4) is 0 Å². The number of hydrogen-bond donors (Lipinski definition) is 0. The number of fused-ring (bicyclic) bond motifs is 7. The molecule has 0 fully saturated rings. The SMILES string of the molecule is c1ccc(-c2cc(N(c3cnc4c(c3)oc3ccccc34)c3ccc4c(n3)oc3ccccc34)cc3ccccc23)cc1. The number of nitrogens with zero attached hydrogens (tertiary/aromatic N) is 3. The van der Waals surface area contributed by atoms with E-state index >= 15 is 0 Å². The van der Waals surface area contributed by atoms with Crippen molar-refractivity contribution in [2.24, 2.45) is 0 Å². The van der Waals surface area contributed by atoms with Crippen LogP contribution in [0.4, 0.5) is 17.2 Å². The smallest absolute Gasteiger partial charge is 0.229 e. The number of aromatic nitrogens is 2. The van der Waals surface area contributed by atoms with Crippen LogP contribution in [0.1, 0.15) is 0 Å². The lowest BCUT2D eigenvalue weighted by atomic mass is 9.97. The molecule has 0 spiro atoms. The summed E-state index contributed by atoms with van der Waals surface area (Å²) in [5.74, 6) is 0.720. The fourth-order valence-corrected chi connectivity index (χ4v) is 6.12. The summed E-state index contributed by atoms with van der Waals surface area (Å²) in [6, 6.07) is 45.6. The fourth-order valence-electron chi connectivity index (χ4n) is 6.12. The Morgan fingerprint density at radius 3 is 2.09 bits per heavy atom. The summed E-state index contributed by atoms with van der Waals surface area (Å²) in [6.45, 7) is 0. The molecule has 0 amide bonds. The van der Waals surface area contributed by atoms with Crippen molar-refractivity contribution >= 4 is 72.1 Å². The number of pyridine rings is 2. The Balaban J connectivity index is 1.32. The van der Waals surface area contributed by atoms with E-state index in [1.54, 1.807) is 0 Å². The van der Waals surface area contributed by atoms with Crippen molar-refractivity contribution in [3.8, 4) is 11.1 Å². The summed E-state index contributed by atoms with van der Waals surface area (Å²) in [5, 5.41) is 5.34. The van der Waals surface area contributed by atoms with E-state index in [1.165, 1.54) is 5.39 Å². The third-order valence-corrected chi connectivity index (χ3v) is 8.11. The van der Waals surface area contributed by atoms with E-state index < -0.39 is 0 Å². The molecule has 43 heavy (non-hydrogen) atoms. The highest BCUT2D eigenvalue weighted by molar-refractivity contribution is 6.06. The van der Waals surface area contributed by atoms with Gasteiger partial charge in [0.2, 0.25) is 5.71 Å². The number of furan rings is 2. The molecule has 5 nitrogen and oxygen atoms in total. The van der Waals surface area contributed by atoms with Gasteiger partial charge in [-0.2, -0.15) is 4.98 Å². The predicted molar refractivity (Wildman–Crippen MR) is 174 cm³/mol. The highest BCUT2D eigenvalue weighted by Crippen LogP contribution is 2.42. The molecular formula is C38H23N3O2. The van der Waals surface area contributed by atoms with E-state index in [0.717, 1.165) is 72.1 Å². The molecule has 0 aliphatic carbocycles. The largest absolute Gasteiger partial charge is 0.454 e. The Labute approximate surface area is 246 Å². The summed E-state index contributed by atoms with van der Waals surface area (Å²) >= 11 is 0. The molecule has 5 aromatic carbocycles. The van der Waals surface area contributed by atoms with Crippen molar-refractivity contribution in [1.29, 1.82) is 0 Å². The van der Waals surface area contributed by atoms with E-state index in [9.17, 15) is 0 Å². The zero-order chi connectivity index (χ0) is 28.3. The molecule has 4 heterocycles. The molecule has 0 saturated carbocycles. The average molecular weight is 554 g/mol. The first-order valence-electron chi connectivity index (χ1n) is 14.2. The molecule has 9 aromatic rings. The minimum atomic E-state index is 0.588. The van der Waals surface area contributed by atoms with Gasteiger partial charge < -0.3 is 8.83 Å². The Morgan fingerprint density at radius 2 is 1.23 bits per heavy atom. The van der Waals surface area contributed by atoms with E-state index in [-0.39, 0.29) is 0 Å². The van der Waals surface area contributed by atoms with Gasteiger partial charge in [0, 0.05) is 27.9 Å².